The van der Waals surface area contributed by atoms with Gasteiger partial charge in [0.25, 0.3) is 5.91 Å². The van der Waals surface area contributed by atoms with E-state index in [1.807, 2.05) is 29.2 Å². The predicted octanol–water partition coefficient (Wildman–Crippen LogP) is 1.58. The zero-order valence-corrected chi connectivity index (χ0v) is 16.0. The molecule has 0 radical (unpaired) electrons. The Morgan fingerprint density at radius 3 is 2.59 bits per heavy atom. The molecule has 1 aliphatic rings. The van der Waals surface area contributed by atoms with Gasteiger partial charge in [-0.15, -0.1) is 5.10 Å². The van der Waals surface area contributed by atoms with E-state index in [1.165, 1.54) is 6.20 Å². The summed E-state index contributed by atoms with van der Waals surface area (Å²) >= 11 is 0. The highest BCUT2D eigenvalue weighted by Gasteiger charge is 2.19. The van der Waals surface area contributed by atoms with Crippen molar-refractivity contribution in [1.82, 2.24) is 24.9 Å². The monoisotopic (exact) mass is 391 g/mol. The van der Waals surface area contributed by atoms with Crippen LogP contribution >= 0.6 is 0 Å². The largest absolute Gasteiger partial charge is 0.368 e. The fourth-order valence-electron chi connectivity index (χ4n) is 3.29. The maximum Gasteiger partial charge on any atom is 0.257 e. The van der Waals surface area contributed by atoms with E-state index in [0.717, 1.165) is 18.8 Å². The summed E-state index contributed by atoms with van der Waals surface area (Å²) in [7, 11) is 0. The van der Waals surface area contributed by atoms with E-state index in [9.17, 15) is 9.59 Å². The molecule has 0 atom stereocenters. The summed E-state index contributed by atoms with van der Waals surface area (Å²) < 4.78 is 1.55. The third-order valence-corrected chi connectivity index (χ3v) is 4.87. The number of anilines is 2. The quantitative estimate of drug-likeness (QED) is 0.725. The van der Waals surface area contributed by atoms with Crippen molar-refractivity contribution >= 4 is 23.2 Å². The highest BCUT2D eigenvalue weighted by Crippen LogP contribution is 2.21. The molecule has 0 spiro atoms. The maximum atomic E-state index is 12.7. The van der Waals surface area contributed by atoms with Crippen LogP contribution in [0.3, 0.4) is 0 Å². The van der Waals surface area contributed by atoms with Crippen molar-refractivity contribution in [3.05, 3.63) is 60.7 Å². The van der Waals surface area contributed by atoms with Gasteiger partial charge in [-0.2, -0.15) is 0 Å². The van der Waals surface area contributed by atoms with Crippen molar-refractivity contribution in [2.45, 2.75) is 6.92 Å². The highest BCUT2D eigenvalue weighted by molar-refractivity contribution is 6.04. The lowest BCUT2D eigenvalue weighted by Crippen LogP contribution is -2.48. The van der Waals surface area contributed by atoms with Crippen LogP contribution in [-0.2, 0) is 4.79 Å². The molecule has 2 amide bonds. The number of benzene rings is 1. The molecule has 29 heavy (non-hydrogen) atoms. The summed E-state index contributed by atoms with van der Waals surface area (Å²) in [5.41, 5.74) is 2.80. The van der Waals surface area contributed by atoms with E-state index in [-0.39, 0.29) is 11.8 Å². The lowest BCUT2D eigenvalue weighted by Gasteiger charge is -2.35. The van der Waals surface area contributed by atoms with Crippen LogP contribution in [0.15, 0.2) is 55.1 Å². The van der Waals surface area contributed by atoms with Crippen LogP contribution in [0.4, 0.5) is 11.4 Å². The first-order valence-electron chi connectivity index (χ1n) is 9.34. The Kier molecular flexibility index (Phi) is 5.19. The summed E-state index contributed by atoms with van der Waals surface area (Å²) in [6, 6.07) is 9.41. The van der Waals surface area contributed by atoms with Crippen molar-refractivity contribution in [1.29, 1.82) is 0 Å². The third-order valence-electron chi connectivity index (χ3n) is 4.87. The normalized spacial score (nSPS) is 14.0. The molecular formula is C20H21N7O2. The average molecular weight is 391 g/mol. The number of pyridine rings is 1. The van der Waals surface area contributed by atoms with Crippen LogP contribution in [0.2, 0.25) is 0 Å². The smallest absolute Gasteiger partial charge is 0.257 e. The molecule has 3 aromatic rings. The van der Waals surface area contributed by atoms with Crippen LogP contribution in [0.25, 0.3) is 5.69 Å². The predicted molar refractivity (Wildman–Crippen MR) is 108 cm³/mol. The van der Waals surface area contributed by atoms with Gasteiger partial charge in [0.05, 0.1) is 29.8 Å². The van der Waals surface area contributed by atoms with Crippen LogP contribution < -0.4 is 10.2 Å². The number of carbonyl (C=O) groups excluding carboxylic acids is 2. The van der Waals surface area contributed by atoms with Crippen LogP contribution in [0.1, 0.15) is 17.3 Å². The van der Waals surface area contributed by atoms with Gasteiger partial charge < -0.3 is 15.1 Å². The van der Waals surface area contributed by atoms with Gasteiger partial charge in [-0.25, -0.2) is 4.68 Å². The molecule has 3 heterocycles. The lowest BCUT2D eigenvalue weighted by atomic mass is 10.2. The number of rotatable bonds is 4. The Balaban J connectivity index is 1.45. The standard InChI is InChI=1S/C20H21N7O2/c1-15(28)25-7-9-26(10-8-25)18-4-2-3-17(12-18)23-20(29)16-11-19(14-21-13-16)27-6-5-22-24-27/h2-6,11-14H,7-10H2,1H3,(H,23,29). The Bertz CT molecular complexity index is 1010. The molecule has 9 nitrogen and oxygen atoms in total. The molecule has 0 aliphatic carbocycles. The first-order chi connectivity index (χ1) is 14.1. The minimum atomic E-state index is -0.252. The third kappa shape index (κ3) is 4.23. The molecule has 1 saturated heterocycles. The van der Waals surface area contributed by atoms with Crippen molar-refractivity contribution in [2.24, 2.45) is 0 Å². The molecule has 4 rings (SSSR count). The second-order valence-corrected chi connectivity index (χ2v) is 6.78. The number of piperazine rings is 1. The number of amides is 2. The fraction of sp³-hybridized carbons (Fsp3) is 0.250. The molecule has 148 valence electrons. The first kappa shape index (κ1) is 18.6. The summed E-state index contributed by atoms with van der Waals surface area (Å²) in [4.78, 5) is 32.4. The van der Waals surface area contributed by atoms with Gasteiger partial charge in [-0.1, -0.05) is 11.3 Å². The van der Waals surface area contributed by atoms with E-state index < -0.39 is 0 Å². The average Bonchev–Trinajstić information content (AvgIpc) is 3.29. The second-order valence-electron chi connectivity index (χ2n) is 6.78. The number of hydrogen-bond acceptors (Lipinski definition) is 6. The summed E-state index contributed by atoms with van der Waals surface area (Å²) in [5, 5.41) is 10.6. The van der Waals surface area contributed by atoms with Crippen molar-refractivity contribution in [2.75, 3.05) is 36.4 Å². The Labute approximate surface area is 168 Å². The Hall–Kier alpha value is -3.75. The summed E-state index contributed by atoms with van der Waals surface area (Å²) in [6.45, 7) is 4.53. The summed E-state index contributed by atoms with van der Waals surface area (Å²) in [6.07, 6.45) is 6.38. The molecule has 9 heteroatoms. The molecule has 1 aliphatic heterocycles. The molecule has 0 bridgehead atoms. The molecule has 1 aromatic carbocycles. The van der Waals surface area contributed by atoms with E-state index in [0.29, 0.717) is 30.0 Å². The Morgan fingerprint density at radius 2 is 1.86 bits per heavy atom. The summed E-state index contributed by atoms with van der Waals surface area (Å²) in [5.74, 6) is -0.148. The van der Waals surface area contributed by atoms with Gasteiger partial charge in [-0.05, 0) is 24.3 Å². The minimum absolute atomic E-state index is 0.104. The number of carbonyl (C=O) groups is 2. The zero-order valence-electron chi connectivity index (χ0n) is 16.0. The van der Waals surface area contributed by atoms with Crippen LogP contribution in [-0.4, -0.2) is 62.9 Å². The zero-order chi connectivity index (χ0) is 20.2. The Morgan fingerprint density at radius 1 is 1.03 bits per heavy atom. The van der Waals surface area contributed by atoms with Crippen LogP contribution in [0.5, 0.6) is 0 Å². The van der Waals surface area contributed by atoms with Gasteiger partial charge >= 0.3 is 0 Å². The van der Waals surface area contributed by atoms with Crippen molar-refractivity contribution in [3.8, 4) is 5.69 Å². The van der Waals surface area contributed by atoms with Gasteiger partial charge in [0.2, 0.25) is 5.91 Å². The number of hydrogen-bond donors (Lipinski definition) is 1. The molecular weight excluding hydrogens is 370 g/mol. The van der Waals surface area contributed by atoms with E-state index in [2.05, 4.69) is 25.5 Å². The molecule has 0 unspecified atom stereocenters. The molecule has 0 saturated carbocycles. The van der Waals surface area contributed by atoms with Gasteiger partial charge in [-0.3, -0.25) is 14.6 Å². The van der Waals surface area contributed by atoms with Gasteiger partial charge in [0.1, 0.15) is 0 Å². The van der Waals surface area contributed by atoms with Crippen molar-refractivity contribution in [3.63, 3.8) is 0 Å². The number of nitrogens with zero attached hydrogens (tertiary/aromatic N) is 6. The lowest BCUT2D eigenvalue weighted by molar-refractivity contribution is -0.129. The number of nitrogens with one attached hydrogen (secondary N) is 1. The molecule has 2 aromatic heterocycles. The van der Waals surface area contributed by atoms with Crippen LogP contribution in [0, 0.1) is 0 Å². The fourth-order valence-corrected chi connectivity index (χ4v) is 3.29. The van der Waals surface area contributed by atoms with E-state index >= 15 is 0 Å². The van der Waals surface area contributed by atoms with Gasteiger partial charge in [0.15, 0.2) is 0 Å². The number of aromatic nitrogens is 4. The first-order valence-corrected chi connectivity index (χ1v) is 9.34. The topological polar surface area (TPSA) is 96.2 Å². The maximum absolute atomic E-state index is 12.7. The van der Waals surface area contributed by atoms with E-state index in [4.69, 9.17) is 0 Å². The van der Waals surface area contributed by atoms with Crippen molar-refractivity contribution < 1.29 is 9.59 Å². The minimum Gasteiger partial charge on any atom is -0.368 e. The van der Waals surface area contributed by atoms with Gasteiger partial charge in [0, 0.05) is 50.7 Å². The molecule has 1 N–H and O–H groups in total. The SMILES string of the molecule is CC(=O)N1CCN(c2cccc(NC(=O)c3cncc(-n4ccnn4)c3)c2)CC1. The molecule has 1 fully saturated rings. The second kappa shape index (κ2) is 8.09. The highest BCUT2D eigenvalue weighted by atomic mass is 16.2. The van der Waals surface area contributed by atoms with E-state index in [1.54, 1.807) is 36.3 Å².